The van der Waals surface area contributed by atoms with Gasteiger partial charge >= 0.3 is 0 Å². The molecule has 0 amide bonds. The minimum atomic E-state index is -0.371. The molecule has 1 aliphatic heterocycles. The van der Waals surface area contributed by atoms with E-state index in [2.05, 4.69) is 22.5 Å². The van der Waals surface area contributed by atoms with E-state index in [4.69, 9.17) is 0 Å². The molecule has 22 heavy (non-hydrogen) atoms. The normalized spacial score (nSPS) is 40.3. The summed E-state index contributed by atoms with van der Waals surface area (Å²) in [4.78, 5) is 10.4. The Hall–Kier alpha value is -2.24. The number of rotatable bonds is 2. The minimum Gasteiger partial charge on any atom is -0.258 e. The summed E-state index contributed by atoms with van der Waals surface area (Å²) in [5, 5.41) is 21.7. The third-order valence-electron chi connectivity index (χ3n) is 5.97. The molecule has 0 aromatic heterocycles. The number of benzene rings is 1. The van der Waals surface area contributed by atoms with Gasteiger partial charge in [0.1, 0.15) is 0 Å². The van der Waals surface area contributed by atoms with Gasteiger partial charge in [-0.15, -0.1) is 0 Å². The Morgan fingerprint density at radius 2 is 2.00 bits per heavy atom. The van der Waals surface area contributed by atoms with Gasteiger partial charge in [-0.25, -0.2) is 5.01 Å². The summed E-state index contributed by atoms with van der Waals surface area (Å²) in [5.41, 5.74) is 1.02. The van der Waals surface area contributed by atoms with Crippen LogP contribution in [0.2, 0.25) is 0 Å². The van der Waals surface area contributed by atoms with E-state index >= 15 is 0 Å². The van der Waals surface area contributed by atoms with Crippen molar-refractivity contribution in [2.75, 3.05) is 5.01 Å². The van der Waals surface area contributed by atoms with Gasteiger partial charge in [-0.3, -0.25) is 10.1 Å². The van der Waals surface area contributed by atoms with E-state index in [0.717, 1.165) is 11.6 Å². The molecule has 2 fully saturated rings. The van der Waals surface area contributed by atoms with E-state index < -0.39 is 0 Å². The molecule has 0 radical (unpaired) electrons. The Morgan fingerprint density at radius 3 is 2.77 bits per heavy atom. The van der Waals surface area contributed by atoms with Crippen LogP contribution in [-0.2, 0) is 0 Å². The van der Waals surface area contributed by atoms with E-state index in [9.17, 15) is 10.1 Å². The van der Waals surface area contributed by atoms with Gasteiger partial charge in [-0.05, 0) is 48.6 Å². The Bertz CT molecular complexity index is 699. The predicted octanol–water partition coefficient (Wildman–Crippen LogP) is 3.36. The Labute approximate surface area is 127 Å². The quantitative estimate of drug-likeness (QED) is 0.477. The second kappa shape index (κ2) is 4.15. The van der Waals surface area contributed by atoms with Crippen molar-refractivity contribution in [1.82, 2.24) is 0 Å². The van der Waals surface area contributed by atoms with Crippen molar-refractivity contribution >= 4 is 11.4 Å². The SMILES string of the molecule is O=[N+]([O-])c1ccc(N2N=N[C@@H]3[C@H]4C[C@@H]([C@@H]5C=CC[C@@H]54)[C@H]32)cc1. The number of nitrogens with zero attached hydrogens (tertiary/aromatic N) is 4. The highest BCUT2D eigenvalue weighted by Crippen LogP contribution is 2.60. The Kier molecular flexibility index (Phi) is 2.32. The molecule has 6 heteroatoms. The highest BCUT2D eigenvalue weighted by Gasteiger charge is 2.61. The summed E-state index contributed by atoms with van der Waals surface area (Å²) in [7, 11) is 0. The van der Waals surface area contributed by atoms with Crippen molar-refractivity contribution in [3.05, 3.63) is 46.5 Å². The van der Waals surface area contributed by atoms with Crippen molar-refractivity contribution in [3.8, 4) is 0 Å². The van der Waals surface area contributed by atoms with Gasteiger partial charge in [0.15, 0.2) is 0 Å². The van der Waals surface area contributed by atoms with Gasteiger partial charge in [-0.2, -0.15) is 5.11 Å². The van der Waals surface area contributed by atoms with Crippen molar-refractivity contribution in [3.63, 3.8) is 0 Å². The fourth-order valence-electron chi connectivity index (χ4n) is 5.13. The molecule has 0 N–H and O–H groups in total. The standard InChI is InChI=1S/C16H16N4O2/c21-20(22)10-6-4-9(5-7-10)19-16-14-8-13(15(16)17-18-19)11-2-1-3-12(11)14/h1,3-7,11-16H,2,8H2/t11-,12+,13-,14-,15+,16+/m0/s1. The van der Waals surface area contributed by atoms with E-state index in [1.54, 1.807) is 24.3 Å². The van der Waals surface area contributed by atoms with Crippen LogP contribution in [0.3, 0.4) is 0 Å². The summed E-state index contributed by atoms with van der Waals surface area (Å²) in [6.07, 6.45) is 7.15. The maximum Gasteiger partial charge on any atom is 0.269 e. The van der Waals surface area contributed by atoms with Crippen molar-refractivity contribution in [1.29, 1.82) is 0 Å². The summed E-state index contributed by atoms with van der Waals surface area (Å²) in [6, 6.07) is 7.30. The minimum absolute atomic E-state index is 0.114. The molecule has 2 saturated carbocycles. The lowest BCUT2D eigenvalue weighted by Gasteiger charge is -2.35. The summed E-state index contributed by atoms with van der Waals surface area (Å²) in [5.74, 6) is 2.71. The number of anilines is 1. The summed E-state index contributed by atoms with van der Waals surface area (Å²) < 4.78 is 0. The van der Waals surface area contributed by atoms with Gasteiger partial charge in [0.2, 0.25) is 0 Å². The fraction of sp³-hybridized carbons (Fsp3) is 0.500. The number of nitro groups is 1. The summed E-state index contributed by atoms with van der Waals surface area (Å²) in [6.45, 7) is 0. The molecule has 6 nitrogen and oxygen atoms in total. The number of hydrogen-bond acceptors (Lipinski definition) is 5. The smallest absolute Gasteiger partial charge is 0.258 e. The first-order valence-electron chi connectivity index (χ1n) is 7.85. The van der Waals surface area contributed by atoms with Crippen LogP contribution < -0.4 is 5.01 Å². The largest absolute Gasteiger partial charge is 0.269 e. The molecular formula is C16H16N4O2. The lowest BCUT2D eigenvalue weighted by atomic mass is 9.76. The average molecular weight is 296 g/mol. The molecule has 0 spiro atoms. The van der Waals surface area contributed by atoms with Crippen LogP contribution in [0.5, 0.6) is 0 Å². The third-order valence-corrected chi connectivity index (χ3v) is 5.97. The molecule has 0 unspecified atom stereocenters. The molecule has 1 aromatic rings. The Balaban J connectivity index is 1.46. The lowest BCUT2D eigenvalue weighted by molar-refractivity contribution is -0.384. The number of hydrogen-bond donors (Lipinski definition) is 0. The molecule has 1 heterocycles. The van der Waals surface area contributed by atoms with E-state index in [-0.39, 0.29) is 10.6 Å². The molecule has 112 valence electrons. The maximum absolute atomic E-state index is 10.8. The monoisotopic (exact) mass is 296 g/mol. The molecule has 4 aliphatic rings. The Morgan fingerprint density at radius 1 is 1.18 bits per heavy atom. The molecule has 6 atom stereocenters. The number of non-ortho nitro benzene ring substituents is 1. The molecule has 3 aliphatic carbocycles. The number of fused-ring (bicyclic) bond motifs is 8. The zero-order valence-electron chi connectivity index (χ0n) is 11.9. The van der Waals surface area contributed by atoms with Crippen LogP contribution in [-0.4, -0.2) is 17.0 Å². The van der Waals surface area contributed by atoms with Crippen LogP contribution in [0, 0.1) is 33.8 Å². The molecule has 1 aromatic carbocycles. The van der Waals surface area contributed by atoms with Crippen LogP contribution >= 0.6 is 0 Å². The van der Waals surface area contributed by atoms with Crippen LogP contribution in [0.25, 0.3) is 0 Å². The molecule has 0 saturated heterocycles. The molecule has 5 rings (SSSR count). The predicted molar refractivity (Wildman–Crippen MR) is 80.3 cm³/mol. The maximum atomic E-state index is 10.8. The van der Waals surface area contributed by atoms with E-state index in [0.29, 0.717) is 29.8 Å². The first-order valence-corrected chi connectivity index (χ1v) is 7.85. The van der Waals surface area contributed by atoms with Crippen molar-refractivity contribution in [2.24, 2.45) is 34.0 Å². The van der Waals surface area contributed by atoms with Gasteiger partial charge in [0.25, 0.3) is 5.69 Å². The van der Waals surface area contributed by atoms with Gasteiger partial charge in [0.05, 0.1) is 22.7 Å². The van der Waals surface area contributed by atoms with Gasteiger partial charge in [0, 0.05) is 12.1 Å². The van der Waals surface area contributed by atoms with E-state index in [1.165, 1.54) is 12.8 Å². The topological polar surface area (TPSA) is 71.1 Å². The lowest BCUT2D eigenvalue weighted by Crippen LogP contribution is -2.44. The number of nitro benzene ring substituents is 1. The van der Waals surface area contributed by atoms with Crippen LogP contribution in [0.4, 0.5) is 11.4 Å². The van der Waals surface area contributed by atoms with Gasteiger partial charge in [-0.1, -0.05) is 17.4 Å². The molecular weight excluding hydrogens is 280 g/mol. The zero-order valence-corrected chi connectivity index (χ0v) is 11.9. The molecule has 2 bridgehead atoms. The van der Waals surface area contributed by atoms with E-state index in [1.807, 2.05) is 5.01 Å². The van der Waals surface area contributed by atoms with Crippen LogP contribution in [0.1, 0.15) is 12.8 Å². The summed E-state index contributed by atoms with van der Waals surface area (Å²) >= 11 is 0. The average Bonchev–Trinajstić information content (AvgIpc) is 3.25. The van der Waals surface area contributed by atoms with Crippen LogP contribution in [0.15, 0.2) is 46.8 Å². The van der Waals surface area contributed by atoms with Crippen molar-refractivity contribution < 1.29 is 4.92 Å². The number of allylic oxidation sites excluding steroid dienone is 2. The second-order valence-electron chi connectivity index (χ2n) is 6.77. The second-order valence-corrected chi connectivity index (χ2v) is 6.77. The first kappa shape index (κ1) is 12.3. The first-order chi connectivity index (χ1) is 10.7. The fourth-order valence-corrected chi connectivity index (χ4v) is 5.13. The van der Waals surface area contributed by atoms with Gasteiger partial charge < -0.3 is 0 Å². The highest BCUT2D eigenvalue weighted by atomic mass is 16.6. The highest BCUT2D eigenvalue weighted by molar-refractivity contribution is 5.52. The zero-order chi connectivity index (χ0) is 14.8. The third kappa shape index (κ3) is 1.44. The van der Waals surface area contributed by atoms with Crippen molar-refractivity contribution in [2.45, 2.75) is 24.9 Å².